The molecule has 0 aliphatic carbocycles. The van der Waals surface area contributed by atoms with Gasteiger partial charge in [-0.25, -0.2) is 0 Å². The molecule has 0 spiro atoms. The summed E-state index contributed by atoms with van der Waals surface area (Å²) in [7, 11) is 0. The van der Waals surface area contributed by atoms with Gasteiger partial charge < -0.3 is 18.8 Å². The number of nitrogens with zero attached hydrogens (tertiary/aromatic N) is 3. The van der Waals surface area contributed by atoms with Crippen molar-refractivity contribution in [3.8, 4) is 50.2 Å². The first kappa shape index (κ1) is 73.1. The molecule has 0 N–H and O–H groups in total. The molecule has 4 nitrogen and oxygen atoms in total. The highest BCUT2D eigenvalue weighted by Crippen LogP contribution is 2.55. The van der Waals surface area contributed by atoms with Gasteiger partial charge in [-0.3, -0.25) is 0 Å². The van der Waals surface area contributed by atoms with E-state index in [4.69, 9.17) is 4.42 Å². The summed E-state index contributed by atoms with van der Waals surface area (Å²) in [6.45, 7) is 56.2. The fourth-order valence-electron chi connectivity index (χ4n) is 17.0. The second-order valence-corrected chi connectivity index (χ2v) is 40.0. The molecule has 0 atom stereocenters. The summed E-state index contributed by atoms with van der Waals surface area (Å²) < 4.78 is 10.4. The van der Waals surface area contributed by atoms with E-state index < -0.39 is 0 Å². The Balaban J connectivity index is 1.06. The van der Waals surface area contributed by atoms with E-state index in [1.165, 1.54) is 116 Å². The lowest BCUT2D eigenvalue weighted by atomic mass is 9.33. The zero-order valence-electron chi connectivity index (χ0n) is 69.3. The zero-order chi connectivity index (χ0) is 77.5. The topological polar surface area (TPSA) is 24.6 Å². The van der Waals surface area contributed by atoms with Crippen molar-refractivity contribution < 1.29 is 4.42 Å². The number of fused-ring (bicyclic) bond motifs is 10. The van der Waals surface area contributed by atoms with Crippen molar-refractivity contribution in [3.05, 3.63) is 275 Å². The van der Waals surface area contributed by atoms with Crippen LogP contribution in [0.5, 0.6) is 0 Å². The predicted octanol–water partition coefficient (Wildman–Crippen LogP) is 27.8. The number of hydrogen-bond acceptors (Lipinski definition) is 3. The molecular formula is C104H110BN3O. The molecule has 2 aliphatic rings. The number of furan rings is 1. The molecule has 0 amide bonds. The molecule has 4 heterocycles. The molecule has 0 fully saturated rings. The van der Waals surface area contributed by atoms with Gasteiger partial charge in [0.2, 0.25) is 0 Å². The third kappa shape index (κ3) is 12.7. The van der Waals surface area contributed by atoms with Crippen LogP contribution in [0, 0.1) is 0 Å². The van der Waals surface area contributed by atoms with E-state index in [1.54, 1.807) is 0 Å². The van der Waals surface area contributed by atoms with Gasteiger partial charge in [0.25, 0.3) is 6.71 Å². The van der Waals surface area contributed by atoms with Crippen molar-refractivity contribution in [1.29, 1.82) is 0 Å². The molecule has 0 saturated carbocycles. The lowest BCUT2D eigenvalue weighted by Gasteiger charge is -2.46. The van der Waals surface area contributed by atoms with Crippen molar-refractivity contribution >= 4 is 101 Å². The van der Waals surface area contributed by atoms with Crippen molar-refractivity contribution in [2.75, 3.05) is 9.80 Å². The average molecular weight is 1430 g/mol. The van der Waals surface area contributed by atoms with Crippen LogP contribution in [0.25, 0.3) is 93.9 Å². The molecule has 16 rings (SSSR count). The van der Waals surface area contributed by atoms with E-state index >= 15 is 0 Å². The minimum absolute atomic E-state index is 0.0433. The number of hydrogen-bond donors (Lipinski definition) is 0. The third-order valence-electron chi connectivity index (χ3n) is 23.8. The quantitative estimate of drug-likeness (QED) is 0.149. The molecule has 14 aromatic rings. The van der Waals surface area contributed by atoms with Crippen LogP contribution in [0.2, 0.25) is 0 Å². The molecule has 5 heteroatoms. The van der Waals surface area contributed by atoms with Crippen LogP contribution in [-0.2, 0) is 43.3 Å². The molecular weight excluding hydrogens is 1320 g/mol. The van der Waals surface area contributed by atoms with Crippen molar-refractivity contribution in [3.63, 3.8) is 0 Å². The molecule has 2 aromatic heterocycles. The van der Waals surface area contributed by atoms with E-state index in [0.29, 0.717) is 0 Å². The summed E-state index contributed by atoms with van der Waals surface area (Å²) in [5.74, 6) is 0. The van der Waals surface area contributed by atoms with Gasteiger partial charge in [-0.15, -0.1) is 0 Å². The molecule has 12 aromatic carbocycles. The monoisotopic (exact) mass is 1430 g/mol. The molecule has 550 valence electrons. The minimum atomic E-state index is -0.311. The van der Waals surface area contributed by atoms with Gasteiger partial charge in [0.1, 0.15) is 0 Å². The molecule has 0 saturated heterocycles. The normalized spacial score (nSPS) is 13.8. The second-order valence-electron chi connectivity index (χ2n) is 40.0. The van der Waals surface area contributed by atoms with Gasteiger partial charge in [0.15, 0.2) is 11.2 Å². The highest BCUT2D eigenvalue weighted by atomic mass is 16.3. The Hall–Kier alpha value is -10.1. The standard InChI is InChI=1S/C104H110BN3O/c1-97(2,3)69-43-47-85-81(57-69)82-58-70(98(4,5)6)44-48-86(82)106(85)88-39-31-37-77-78-38-32-40-89(96(78)109-95(77)88)107-90-54-66(68-51-73(101(13,14)15)56-74(52-68)102(16,17)18)41-45-83(90)105-84-53-65(67-49-71(99(7,8)9)55-72(50-67)100(10,11)12)42-46-87(84)108(92-62-76(104(22,23)24)61-91(107)93(92)105)94-79(63-33-27-25-28-34-63)59-75(103(19,20)21)60-80(94)64-35-29-26-30-36-64/h25-62H,1-24H3. The number of rotatable bonds is 7. The van der Waals surface area contributed by atoms with E-state index in [9.17, 15) is 0 Å². The summed E-state index contributed by atoms with van der Waals surface area (Å²) >= 11 is 0. The second kappa shape index (κ2) is 25.2. The first-order chi connectivity index (χ1) is 51.1. The van der Waals surface area contributed by atoms with Gasteiger partial charge >= 0.3 is 0 Å². The Morgan fingerprint density at radius 2 is 0.633 bits per heavy atom. The van der Waals surface area contributed by atoms with Crippen LogP contribution in [0.1, 0.15) is 211 Å². The molecule has 0 bridgehead atoms. The Labute approximate surface area is 650 Å². The maximum atomic E-state index is 7.97. The summed E-state index contributed by atoms with van der Waals surface area (Å²) in [6.07, 6.45) is 0. The van der Waals surface area contributed by atoms with Crippen molar-refractivity contribution in [1.82, 2.24) is 4.57 Å². The Morgan fingerprint density at radius 3 is 1.08 bits per heavy atom. The predicted molar refractivity (Wildman–Crippen MR) is 473 cm³/mol. The van der Waals surface area contributed by atoms with Crippen LogP contribution >= 0.6 is 0 Å². The number of anilines is 6. The Morgan fingerprint density at radius 1 is 0.239 bits per heavy atom. The number of benzene rings is 12. The summed E-state index contributed by atoms with van der Waals surface area (Å²) in [6, 6.07) is 90.4. The Kier molecular flexibility index (Phi) is 16.9. The first-order valence-corrected chi connectivity index (χ1v) is 39.8. The van der Waals surface area contributed by atoms with Gasteiger partial charge in [-0.05, 0) is 210 Å². The van der Waals surface area contributed by atoms with Crippen molar-refractivity contribution in [2.24, 2.45) is 0 Å². The maximum Gasteiger partial charge on any atom is 0.252 e. The minimum Gasteiger partial charge on any atom is -0.452 e. The van der Waals surface area contributed by atoms with E-state index in [0.717, 1.165) is 72.8 Å². The van der Waals surface area contributed by atoms with Gasteiger partial charge in [0, 0.05) is 55.4 Å². The van der Waals surface area contributed by atoms with Gasteiger partial charge in [-0.1, -0.05) is 324 Å². The summed E-state index contributed by atoms with van der Waals surface area (Å²) in [5, 5.41) is 4.63. The maximum absolute atomic E-state index is 7.97. The molecule has 2 aliphatic heterocycles. The summed E-state index contributed by atoms with van der Waals surface area (Å²) in [5.41, 5.74) is 34.5. The molecule has 109 heavy (non-hydrogen) atoms. The average Bonchev–Trinajstić information content (AvgIpc) is 0.816. The van der Waals surface area contributed by atoms with Crippen LogP contribution in [0.4, 0.5) is 34.1 Å². The van der Waals surface area contributed by atoms with Crippen LogP contribution < -0.4 is 26.2 Å². The van der Waals surface area contributed by atoms with Gasteiger partial charge in [-0.2, -0.15) is 0 Å². The molecule has 0 radical (unpaired) electrons. The first-order valence-electron chi connectivity index (χ1n) is 39.8. The largest absolute Gasteiger partial charge is 0.452 e. The van der Waals surface area contributed by atoms with Crippen LogP contribution in [-0.4, -0.2) is 11.3 Å². The zero-order valence-corrected chi connectivity index (χ0v) is 69.3. The number of aromatic nitrogens is 1. The lowest BCUT2D eigenvalue weighted by molar-refractivity contribution is 0.568. The lowest BCUT2D eigenvalue weighted by Crippen LogP contribution is -2.61. The number of para-hydroxylation sites is 2. The highest BCUT2D eigenvalue weighted by molar-refractivity contribution is 7.00. The van der Waals surface area contributed by atoms with Gasteiger partial charge in [0.05, 0.1) is 28.1 Å². The highest BCUT2D eigenvalue weighted by Gasteiger charge is 2.46. The van der Waals surface area contributed by atoms with Crippen LogP contribution in [0.15, 0.2) is 235 Å². The summed E-state index contributed by atoms with van der Waals surface area (Å²) in [4.78, 5) is 5.36. The van der Waals surface area contributed by atoms with Crippen LogP contribution in [0.3, 0.4) is 0 Å². The fourth-order valence-corrected chi connectivity index (χ4v) is 17.0. The molecule has 0 unspecified atom stereocenters. The smallest absolute Gasteiger partial charge is 0.252 e. The Bertz CT molecular complexity index is 5800. The van der Waals surface area contributed by atoms with E-state index in [1.807, 2.05) is 0 Å². The van der Waals surface area contributed by atoms with E-state index in [2.05, 4.69) is 411 Å². The third-order valence-corrected chi connectivity index (χ3v) is 23.8. The van der Waals surface area contributed by atoms with Crippen molar-refractivity contribution in [2.45, 2.75) is 209 Å². The fraction of sp³-hybridized carbons (Fsp3) is 0.308. The van der Waals surface area contributed by atoms with E-state index in [-0.39, 0.29) is 50.0 Å². The SMILES string of the molecule is CC(C)(C)c1cc(-c2ccc3c(c2)B2c4ccc(-c5cc(C(C)(C)C)cc(C(C)(C)C)c5)cc4N(c4cccc5c4oc4c(-n6c7ccc(C(C)(C)C)cc7c7cc(C(C)(C)C)ccc76)cccc45)c4cc(C(C)(C)C)cc(c42)N3c2c(-c3ccccc3)cc(C(C)(C)C)cc2-c2ccccc2)cc(C(C)(C)C)c1.